The van der Waals surface area contributed by atoms with Gasteiger partial charge >= 0.3 is 0 Å². The Morgan fingerprint density at radius 1 is 1.17 bits per heavy atom. The van der Waals surface area contributed by atoms with Crippen molar-refractivity contribution in [2.75, 3.05) is 7.11 Å². The van der Waals surface area contributed by atoms with Crippen LogP contribution in [-0.2, 0) is 0 Å². The van der Waals surface area contributed by atoms with Crippen LogP contribution in [0.1, 0.15) is 16.7 Å². The van der Waals surface area contributed by atoms with Crippen LogP contribution in [0, 0.1) is 6.92 Å². The second-order valence-electron chi connectivity index (χ2n) is 4.02. The van der Waals surface area contributed by atoms with Crippen molar-refractivity contribution < 1.29 is 4.74 Å². The van der Waals surface area contributed by atoms with Crippen LogP contribution >= 0.6 is 11.6 Å². The molecule has 0 saturated carbocycles. The molecule has 1 aromatic carbocycles. The van der Waals surface area contributed by atoms with Gasteiger partial charge in [0, 0.05) is 12.4 Å². The Morgan fingerprint density at radius 2 is 2.00 bits per heavy atom. The Kier molecular flexibility index (Phi) is 4.00. The molecular formula is C15H14ClNO. The molecule has 18 heavy (non-hydrogen) atoms. The first-order chi connectivity index (χ1) is 8.69. The number of ether oxygens (including phenoxy) is 1. The summed E-state index contributed by atoms with van der Waals surface area (Å²) in [4.78, 5) is 4.14. The molecule has 3 heteroatoms. The highest BCUT2D eigenvalue weighted by Gasteiger charge is 1.99. The predicted octanol–water partition coefficient (Wildman–Crippen LogP) is 4.22. The van der Waals surface area contributed by atoms with E-state index in [-0.39, 0.29) is 0 Å². The maximum atomic E-state index is 6.16. The highest BCUT2D eigenvalue weighted by molar-refractivity contribution is 6.32. The van der Waals surface area contributed by atoms with Crippen molar-refractivity contribution in [3.63, 3.8) is 0 Å². The van der Waals surface area contributed by atoms with E-state index in [0.29, 0.717) is 5.02 Å². The number of rotatable bonds is 3. The van der Waals surface area contributed by atoms with Gasteiger partial charge in [0.15, 0.2) is 0 Å². The quantitative estimate of drug-likeness (QED) is 0.823. The molecule has 0 spiro atoms. The maximum Gasteiger partial charge on any atom is 0.120 e. The number of methoxy groups -OCH3 is 1. The number of nitrogens with zero attached hydrogens (tertiary/aromatic N) is 1. The van der Waals surface area contributed by atoms with Crippen LogP contribution in [0.25, 0.3) is 12.2 Å². The molecule has 0 fully saturated rings. The molecule has 0 amide bonds. The largest absolute Gasteiger partial charge is 0.497 e. The summed E-state index contributed by atoms with van der Waals surface area (Å²) in [6.45, 7) is 2.02. The number of halogens is 1. The summed E-state index contributed by atoms with van der Waals surface area (Å²) in [5, 5.41) is 0.672. The first-order valence-corrected chi connectivity index (χ1v) is 6.00. The number of aromatic nitrogens is 1. The van der Waals surface area contributed by atoms with Crippen molar-refractivity contribution in [2.45, 2.75) is 6.92 Å². The molecule has 0 unspecified atom stereocenters. The lowest BCUT2D eigenvalue weighted by Gasteiger charge is -2.02. The van der Waals surface area contributed by atoms with Crippen molar-refractivity contribution in [3.05, 3.63) is 58.4 Å². The number of hydrogen-bond donors (Lipinski definition) is 0. The van der Waals surface area contributed by atoms with Crippen LogP contribution in [0.4, 0.5) is 0 Å². The van der Waals surface area contributed by atoms with Crippen LogP contribution < -0.4 is 4.74 Å². The van der Waals surface area contributed by atoms with Gasteiger partial charge < -0.3 is 4.74 Å². The lowest BCUT2D eigenvalue weighted by atomic mass is 10.1. The molecule has 92 valence electrons. The highest BCUT2D eigenvalue weighted by atomic mass is 35.5. The second-order valence-corrected chi connectivity index (χ2v) is 4.42. The van der Waals surface area contributed by atoms with Gasteiger partial charge in [0.2, 0.25) is 0 Å². The van der Waals surface area contributed by atoms with Crippen LogP contribution in [-0.4, -0.2) is 12.1 Å². The van der Waals surface area contributed by atoms with Gasteiger partial charge in [-0.25, -0.2) is 0 Å². The molecule has 0 radical (unpaired) electrons. The number of hydrogen-bond acceptors (Lipinski definition) is 2. The third-order valence-electron chi connectivity index (χ3n) is 2.56. The van der Waals surface area contributed by atoms with Gasteiger partial charge in [-0.15, -0.1) is 0 Å². The van der Waals surface area contributed by atoms with E-state index in [1.807, 2.05) is 43.6 Å². The smallest absolute Gasteiger partial charge is 0.120 e. The number of aryl methyl sites for hydroxylation is 1. The minimum Gasteiger partial charge on any atom is -0.497 e. The molecule has 0 aliphatic heterocycles. The van der Waals surface area contributed by atoms with Crippen LogP contribution in [0.15, 0.2) is 36.7 Å². The van der Waals surface area contributed by atoms with Gasteiger partial charge in [-0.1, -0.05) is 23.8 Å². The standard InChI is InChI=1S/C15H14ClNO/c1-11-7-12(10-17-9-11)3-4-13-5-6-14(18-2)8-15(13)16/h3-10H,1-2H3/b4-3+. The fourth-order valence-corrected chi connectivity index (χ4v) is 1.86. The molecule has 0 N–H and O–H groups in total. The molecule has 2 nitrogen and oxygen atoms in total. The Hall–Kier alpha value is -1.80. The Morgan fingerprint density at radius 3 is 2.67 bits per heavy atom. The van der Waals surface area contributed by atoms with E-state index in [1.54, 1.807) is 13.2 Å². The Labute approximate surface area is 112 Å². The van der Waals surface area contributed by atoms with E-state index in [9.17, 15) is 0 Å². The molecule has 1 heterocycles. The minimum absolute atomic E-state index is 0.672. The Balaban J connectivity index is 2.23. The molecule has 0 aliphatic carbocycles. The fourth-order valence-electron chi connectivity index (χ4n) is 1.63. The van der Waals surface area contributed by atoms with E-state index in [0.717, 1.165) is 22.4 Å². The van der Waals surface area contributed by atoms with Crippen LogP contribution in [0.3, 0.4) is 0 Å². The molecule has 0 bridgehead atoms. The average molecular weight is 260 g/mol. The number of pyridine rings is 1. The highest BCUT2D eigenvalue weighted by Crippen LogP contribution is 2.24. The molecule has 2 rings (SSSR count). The normalized spacial score (nSPS) is 10.8. The summed E-state index contributed by atoms with van der Waals surface area (Å²) >= 11 is 6.16. The summed E-state index contributed by atoms with van der Waals surface area (Å²) in [6.07, 6.45) is 7.62. The lowest BCUT2D eigenvalue weighted by Crippen LogP contribution is -1.83. The molecule has 2 aromatic rings. The fraction of sp³-hybridized carbons (Fsp3) is 0.133. The van der Waals surface area contributed by atoms with Gasteiger partial charge in [0.05, 0.1) is 12.1 Å². The zero-order valence-corrected chi connectivity index (χ0v) is 11.1. The first-order valence-electron chi connectivity index (χ1n) is 5.62. The number of benzene rings is 1. The van der Waals surface area contributed by atoms with Gasteiger partial charge in [-0.2, -0.15) is 0 Å². The van der Waals surface area contributed by atoms with Crippen molar-refractivity contribution >= 4 is 23.8 Å². The maximum absolute atomic E-state index is 6.16. The monoisotopic (exact) mass is 259 g/mol. The van der Waals surface area contributed by atoms with Crippen LogP contribution in [0.5, 0.6) is 5.75 Å². The molecule has 1 aromatic heterocycles. The predicted molar refractivity (Wildman–Crippen MR) is 75.9 cm³/mol. The molecule has 0 atom stereocenters. The van der Waals surface area contributed by atoms with E-state index in [4.69, 9.17) is 16.3 Å². The van der Waals surface area contributed by atoms with Gasteiger partial charge in [-0.05, 0) is 47.9 Å². The van der Waals surface area contributed by atoms with E-state index in [1.165, 1.54) is 0 Å². The summed E-state index contributed by atoms with van der Waals surface area (Å²) < 4.78 is 5.11. The van der Waals surface area contributed by atoms with E-state index in [2.05, 4.69) is 11.1 Å². The van der Waals surface area contributed by atoms with E-state index >= 15 is 0 Å². The van der Waals surface area contributed by atoms with Crippen molar-refractivity contribution in [1.82, 2.24) is 4.98 Å². The topological polar surface area (TPSA) is 22.1 Å². The van der Waals surface area contributed by atoms with Gasteiger partial charge in [0.1, 0.15) is 5.75 Å². The van der Waals surface area contributed by atoms with Crippen molar-refractivity contribution in [2.24, 2.45) is 0 Å². The minimum atomic E-state index is 0.672. The van der Waals surface area contributed by atoms with Gasteiger partial charge in [-0.3, -0.25) is 4.98 Å². The third-order valence-corrected chi connectivity index (χ3v) is 2.89. The summed E-state index contributed by atoms with van der Waals surface area (Å²) in [5.74, 6) is 0.759. The van der Waals surface area contributed by atoms with Gasteiger partial charge in [0.25, 0.3) is 0 Å². The third kappa shape index (κ3) is 3.11. The molecule has 0 saturated heterocycles. The average Bonchev–Trinajstić information content (AvgIpc) is 2.37. The second kappa shape index (κ2) is 5.69. The molecular weight excluding hydrogens is 246 g/mol. The summed E-state index contributed by atoms with van der Waals surface area (Å²) in [7, 11) is 1.62. The summed E-state index contributed by atoms with van der Waals surface area (Å²) in [5.41, 5.74) is 3.15. The van der Waals surface area contributed by atoms with Crippen LogP contribution in [0.2, 0.25) is 5.02 Å². The zero-order chi connectivity index (χ0) is 13.0. The molecule has 0 aliphatic rings. The zero-order valence-electron chi connectivity index (χ0n) is 10.4. The Bertz CT molecular complexity index is 578. The first kappa shape index (κ1) is 12.7. The summed E-state index contributed by atoms with van der Waals surface area (Å²) in [6, 6.07) is 7.69. The van der Waals surface area contributed by atoms with E-state index < -0.39 is 0 Å². The lowest BCUT2D eigenvalue weighted by molar-refractivity contribution is 0.415. The SMILES string of the molecule is COc1ccc(/C=C/c2cncc(C)c2)c(Cl)c1. The van der Waals surface area contributed by atoms with Crippen molar-refractivity contribution in [1.29, 1.82) is 0 Å². The van der Waals surface area contributed by atoms with Crippen molar-refractivity contribution in [3.8, 4) is 5.75 Å².